The number of imide groups is 1. The third-order valence-electron chi connectivity index (χ3n) is 6.63. The van der Waals surface area contributed by atoms with Gasteiger partial charge in [0.1, 0.15) is 5.82 Å². The number of anilines is 2. The number of pyridine rings is 1. The Bertz CT molecular complexity index is 1010. The summed E-state index contributed by atoms with van der Waals surface area (Å²) in [6.07, 6.45) is 2.46. The summed E-state index contributed by atoms with van der Waals surface area (Å²) in [6.45, 7) is 0. The number of benzene rings is 1. The minimum Gasteiger partial charge on any atom is -0.274 e. The van der Waals surface area contributed by atoms with Crippen molar-refractivity contribution in [3.8, 4) is 0 Å². The Morgan fingerprint density at radius 2 is 1.71 bits per heavy atom. The van der Waals surface area contributed by atoms with E-state index in [4.69, 9.17) is 0 Å². The molecule has 2 saturated carbocycles. The van der Waals surface area contributed by atoms with Crippen molar-refractivity contribution in [2.45, 2.75) is 18.5 Å². The predicted octanol–water partition coefficient (Wildman–Crippen LogP) is 3.22. The van der Waals surface area contributed by atoms with E-state index < -0.39 is 0 Å². The van der Waals surface area contributed by atoms with Gasteiger partial charge in [-0.3, -0.25) is 9.59 Å². The van der Waals surface area contributed by atoms with E-state index in [1.54, 1.807) is 24.4 Å². The van der Waals surface area contributed by atoms with Gasteiger partial charge in [0, 0.05) is 10.7 Å². The van der Waals surface area contributed by atoms with Crippen LogP contribution >= 0.6 is 15.9 Å². The first-order valence-corrected chi connectivity index (χ1v) is 10.2. The molecular formula is C20H16BrN5O2. The van der Waals surface area contributed by atoms with Crippen LogP contribution in [0.1, 0.15) is 6.42 Å². The molecule has 1 saturated heterocycles. The van der Waals surface area contributed by atoms with Gasteiger partial charge in [-0.15, -0.1) is 0 Å². The highest BCUT2D eigenvalue weighted by Gasteiger charge is 2.70. The monoisotopic (exact) mass is 437 g/mol. The Balaban J connectivity index is 1.36. The fraction of sp³-hybridized carbons (Fsp3) is 0.350. The average molecular weight is 438 g/mol. The van der Waals surface area contributed by atoms with Gasteiger partial charge < -0.3 is 0 Å². The Morgan fingerprint density at radius 1 is 0.964 bits per heavy atom. The first-order chi connectivity index (χ1) is 13.6. The zero-order chi connectivity index (χ0) is 19.0. The van der Waals surface area contributed by atoms with Crippen LogP contribution in [-0.4, -0.2) is 28.9 Å². The van der Waals surface area contributed by atoms with Crippen LogP contribution in [0.4, 0.5) is 11.5 Å². The Hall–Kier alpha value is -2.61. The van der Waals surface area contributed by atoms with Crippen LogP contribution in [0.2, 0.25) is 0 Å². The summed E-state index contributed by atoms with van der Waals surface area (Å²) in [5.41, 5.74) is 0.960. The summed E-state index contributed by atoms with van der Waals surface area (Å²) in [7, 11) is 0. The normalized spacial score (nSPS) is 35.0. The summed E-state index contributed by atoms with van der Waals surface area (Å²) < 4.78 is 1.000. The van der Waals surface area contributed by atoms with Gasteiger partial charge in [-0.25, -0.2) is 14.9 Å². The summed E-state index contributed by atoms with van der Waals surface area (Å²) in [6, 6.07) is 13.2. The zero-order valence-corrected chi connectivity index (χ0v) is 16.3. The number of carbonyl (C=O) groups is 2. The lowest BCUT2D eigenvalue weighted by atomic mass is 9.76. The number of rotatable bonds is 2. The zero-order valence-electron chi connectivity index (χ0n) is 14.7. The van der Waals surface area contributed by atoms with Gasteiger partial charge in [-0.2, -0.15) is 5.11 Å². The maximum Gasteiger partial charge on any atom is 0.239 e. The fourth-order valence-electron chi connectivity index (χ4n) is 5.61. The quantitative estimate of drug-likeness (QED) is 0.675. The van der Waals surface area contributed by atoms with Gasteiger partial charge in [0.25, 0.3) is 0 Å². The lowest BCUT2D eigenvalue weighted by Gasteiger charge is -2.33. The first kappa shape index (κ1) is 16.4. The number of nitrogens with zero attached hydrogens (tertiary/aromatic N) is 5. The van der Waals surface area contributed by atoms with Crippen LogP contribution < -0.4 is 9.91 Å². The van der Waals surface area contributed by atoms with Gasteiger partial charge >= 0.3 is 0 Å². The van der Waals surface area contributed by atoms with Crippen LogP contribution in [0.3, 0.4) is 0 Å². The van der Waals surface area contributed by atoms with Crippen LogP contribution in [0, 0.1) is 23.7 Å². The van der Waals surface area contributed by atoms with Crippen molar-refractivity contribution in [3.63, 3.8) is 0 Å². The van der Waals surface area contributed by atoms with Gasteiger partial charge in [-0.1, -0.05) is 27.2 Å². The molecule has 3 fully saturated rings. The third-order valence-corrected chi connectivity index (χ3v) is 7.15. The molecule has 2 bridgehead atoms. The molecule has 1 aromatic heterocycles. The van der Waals surface area contributed by atoms with Gasteiger partial charge in [0.05, 0.1) is 29.6 Å². The van der Waals surface area contributed by atoms with Crippen LogP contribution in [-0.2, 0) is 9.59 Å². The molecule has 2 aromatic rings. The van der Waals surface area contributed by atoms with E-state index in [2.05, 4.69) is 31.3 Å². The molecule has 7 nitrogen and oxygen atoms in total. The molecule has 28 heavy (non-hydrogen) atoms. The lowest BCUT2D eigenvalue weighted by Crippen LogP contribution is -2.47. The second kappa shape index (κ2) is 5.70. The van der Waals surface area contributed by atoms with Crippen molar-refractivity contribution in [2.24, 2.45) is 34.0 Å². The van der Waals surface area contributed by atoms with Crippen LogP contribution in [0.15, 0.2) is 63.5 Å². The molecule has 0 N–H and O–H groups in total. The molecule has 2 aliphatic heterocycles. The van der Waals surface area contributed by atoms with Crippen LogP contribution in [0.25, 0.3) is 0 Å². The van der Waals surface area contributed by atoms with Crippen molar-refractivity contribution in [1.29, 1.82) is 0 Å². The molecule has 4 aliphatic rings. The number of hydrogen-bond donors (Lipinski definition) is 0. The highest BCUT2D eigenvalue weighted by Crippen LogP contribution is 2.60. The maximum absolute atomic E-state index is 13.2. The summed E-state index contributed by atoms with van der Waals surface area (Å²) >= 11 is 3.46. The first-order valence-electron chi connectivity index (χ1n) is 9.39. The summed E-state index contributed by atoms with van der Waals surface area (Å²) in [5.74, 6) is -0.299. The van der Waals surface area contributed by atoms with Crippen molar-refractivity contribution in [2.75, 3.05) is 9.91 Å². The number of fused-ring (bicyclic) bond motifs is 8. The average Bonchev–Trinajstić information content (AvgIpc) is 3.44. The largest absolute Gasteiger partial charge is 0.274 e. The molecule has 2 amide bonds. The second-order valence-electron chi connectivity index (χ2n) is 7.82. The SMILES string of the molecule is O=C1[C@H]2[C@H]3C[C@@H]([C@@H]2C(=O)N1c1ccccn1)[C@@H]1[C@@H]3N=NN1c1ccc(Br)cc1. The van der Waals surface area contributed by atoms with E-state index in [0.717, 1.165) is 16.6 Å². The number of carbonyl (C=O) groups excluding carboxylic acids is 2. The van der Waals surface area contributed by atoms with Crippen molar-refractivity contribution >= 4 is 39.2 Å². The molecule has 6 atom stereocenters. The Labute approximate surface area is 169 Å². The van der Waals surface area contributed by atoms with E-state index >= 15 is 0 Å². The topological polar surface area (TPSA) is 78.2 Å². The van der Waals surface area contributed by atoms with E-state index in [9.17, 15) is 9.59 Å². The maximum atomic E-state index is 13.2. The second-order valence-corrected chi connectivity index (χ2v) is 8.74. The summed E-state index contributed by atoms with van der Waals surface area (Å²) in [4.78, 5) is 31.9. The van der Waals surface area contributed by atoms with E-state index in [1.807, 2.05) is 29.3 Å². The predicted molar refractivity (Wildman–Crippen MR) is 104 cm³/mol. The molecule has 3 heterocycles. The Kier molecular flexibility index (Phi) is 3.33. The lowest BCUT2D eigenvalue weighted by molar-refractivity contribution is -0.123. The van der Waals surface area contributed by atoms with Gasteiger partial charge in [0.2, 0.25) is 11.8 Å². The summed E-state index contributed by atoms with van der Waals surface area (Å²) in [5, 5.41) is 10.9. The molecule has 8 heteroatoms. The van der Waals surface area contributed by atoms with E-state index in [0.29, 0.717) is 5.82 Å². The number of amides is 2. The minimum absolute atomic E-state index is 0.0321. The van der Waals surface area contributed by atoms with Gasteiger partial charge in [0.15, 0.2) is 0 Å². The van der Waals surface area contributed by atoms with Crippen molar-refractivity contribution < 1.29 is 9.59 Å². The number of halogens is 1. The highest BCUT2D eigenvalue weighted by molar-refractivity contribution is 9.10. The number of aromatic nitrogens is 1. The van der Waals surface area contributed by atoms with E-state index in [1.165, 1.54) is 4.90 Å². The minimum atomic E-state index is -0.304. The highest BCUT2D eigenvalue weighted by atomic mass is 79.9. The smallest absolute Gasteiger partial charge is 0.239 e. The fourth-order valence-corrected chi connectivity index (χ4v) is 5.88. The molecule has 0 spiro atoms. The molecule has 0 radical (unpaired) electrons. The standard InChI is InChI=1S/C20H16BrN5O2/c21-10-4-6-11(7-5-10)26-18-13-9-12(17(18)23-24-26)15-16(13)20(28)25(19(15)27)14-3-1-2-8-22-14/h1-8,12-13,15-18H,9H2/t12-,13+,15+,16+,17-,18-/m1/s1. The molecular weight excluding hydrogens is 422 g/mol. The molecule has 6 rings (SSSR count). The molecule has 140 valence electrons. The number of hydrogen-bond acceptors (Lipinski definition) is 6. The molecule has 1 aromatic carbocycles. The third kappa shape index (κ3) is 2.01. The van der Waals surface area contributed by atoms with Crippen LogP contribution in [0.5, 0.6) is 0 Å². The molecule has 2 aliphatic carbocycles. The molecule has 0 unspecified atom stereocenters. The van der Waals surface area contributed by atoms with E-state index in [-0.39, 0.29) is 47.6 Å². The van der Waals surface area contributed by atoms with Crippen molar-refractivity contribution in [1.82, 2.24) is 4.98 Å². The van der Waals surface area contributed by atoms with Crippen molar-refractivity contribution in [3.05, 3.63) is 53.1 Å². The Morgan fingerprint density at radius 3 is 2.43 bits per heavy atom. The van der Waals surface area contributed by atoms with Gasteiger partial charge in [-0.05, 0) is 54.7 Å².